The third-order valence-electron chi connectivity index (χ3n) is 3.32. The van der Waals surface area contributed by atoms with E-state index >= 15 is 0 Å². The lowest BCUT2D eigenvalue weighted by Gasteiger charge is -2.21. The number of amides is 1. The molecule has 2 rings (SSSR count). The number of hydrogen-bond donors (Lipinski definition) is 1. The molecule has 104 valence electrons. The van der Waals surface area contributed by atoms with Crippen molar-refractivity contribution in [2.75, 3.05) is 13.1 Å². The number of carboxylic acids is 1. The van der Waals surface area contributed by atoms with Gasteiger partial charge in [0.15, 0.2) is 0 Å². The molecule has 19 heavy (non-hydrogen) atoms. The van der Waals surface area contributed by atoms with E-state index in [1.807, 2.05) is 11.6 Å². The summed E-state index contributed by atoms with van der Waals surface area (Å²) in [7, 11) is 0. The molecule has 0 atom stereocenters. The Morgan fingerprint density at radius 3 is 2.95 bits per heavy atom. The van der Waals surface area contributed by atoms with Crippen molar-refractivity contribution >= 4 is 11.9 Å². The lowest BCUT2D eigenvalue weighted by atomic mass is 10.1. The summed E-state index contributed by atoms with van der Waals surface area (Å²) >= 11 is 0. The fourth-order valence-corrected chi connectivity index (χ4v) is 2.46. The number of rotatable bonds is 5. The number of aryl methyl sites for hydroxylation is 1. The number of nitrogens with zero attached hydrogens (tertiary/aromatic N) is 3. The third kappa shape index (κ3) is 2.94. The summed E-state index contributed by atoms with van der Waals surface area (Å²) in [5.41, 5.74) is 1.51. The first-order valence-corrected chi connectivity index (χ1v) is 6.69. The van der Waals surface area contributed by atoms with Gasteiger partial charge in [0.05, 0.1) is 17.5 Å². The van der Waals surface area contributed by atoms with Gasteiger partial charge in [-0.25, -0.2) is 0 Å². The third-order valence-corrected chi connectivity index (χ3v) is 3.32. The Morgan fingerprint density at radius 2 is 2.26 bits per heavy atom. The molecule has 0 fully saturated rings. The maximum atomic E-state index is 12.4. The number of carbonyl (C=O) groups is 2. The van der Waals surface area contributed by atoms with E-state index in [-0.39, 0.29) is 12.5 Å². The van der Waals surface area contributed by atoms with Gasteiger partial charge in [0.1, 0.15) is 6.54 Å². The highest BCUT2D eigenvalue weighted by Gasteiger charge is 2.24. The summed E-state index contributed by atoms with van der Waals surface area (Å²) in [5.74, 6) is -1.20. The molecular formula is C13H19N3O3. The number of carboxylic acid groups (broad SMARTS) is 1. The van der Waals surface area contributed by atoms with Crippen LogP contribution in [0.2, 0.25) is 0 Å². The van der Waals surface area contributed by atoms with Gasteiger partial charge < -0.3 is 10.0 Å². The van der Waals surface area contributed by atoms with Crippen LogP contribution < -0.4 is 0 Å². The van der Waals surface area contributed by atoms with Crippen LogP contribution in [0.1, 0.15) is 42.2 Å². The van der Waals surface area contributed by atoms with E-state index in [9.17, 15) is 9.59 Å². The summed E-state index contributed by atoms with van der Waals surface area (Å²) in [4.78, 5) is 24.6. The second-order valence-electron chi connectivity index (χ2n) is 4.81. The zero-order valence-corrected chi connectivity index (χ0v) is 11.1. The first-order chi connectivity index (χ1) is 9.13. The number of aliphatic carboxylic acids is 1. The van der Waals surface area contributed by atoms with Crippen molar-refractivity contribution in [3.63, 3.8) is 0 Å². The standard InChI is InChI=1S/C13H19N3O3/c1-2-6-15(9-12(17)18)13(19)10-8-14-16-7-4-3-5-11(10)16/h8H,2-7,9H2,1H3,(H,17,18). The smallest absolute Gasteiger partial charge is 0.323 e. The molecule has 1 aromatic heterocycles. The molecule has 1 amide bonds. The van der Waals surface area contributed by atoms with E-state index in [4.69, 9.17) is 5.11 Å². The summed E-state index contributed by atoms with van der Waals surface area (Å²) < 4.78 is 1.86. The van der Waals surface area contributed by atoms with Gasteiger partial charge in [-0.3, -0.25) is 14.3 Å². The van der Waals surface area contributed by atoms with Crippen LogP contribution in [0, 0.1) is 0 Å². The molecule has 6 heteroatoms. The van der Waals surface area contributed by atoms with Crippen molar-refractivity contribution in [1.82, 2.24) is 14.7 Å². The Bertz CT molecular complexity index is 481. The van der Waals surface area contributed by atoms with Crippen LogP contribution in [0.3, 0.4) is 0 Å². The van der Waals surface area contributed by atoms with Crippen LogP contribution in [-0.4, -0.2) is 44.8 Å². The molecule has 1 aliphatic heterocycles. The predicted octanol–water partition coefficient (Wildman–Crippen LogP) is 1.16. The summed E-state index contributed by atoms with van der Waals surface area (Å²) in [6.45, 7) is 2.97. The van der Waals surface area contributed by atoms with Gasteiger partial charge in [-0.05, 0) is 25.7 Å². The average Bonchev–Trinajstić information content (AvgIpc) is 2.80. The van der Waals surface area contributed by atoms with Crippen LogP contribution >= 0.6 is 0 Å². The molecule has 0 unspecified atom stereocenters. The molecule has 0 aliphatic carbocycles. The minimum Gasteiger partial charge on any atom is -0.480 e. The molecule has 1 N–H and O–H groups in total. The Morgan fingerprint density at radius 1 is 1.47 bits per heavy atom. The molecule has 0 radical (unpaired) electrons. The predicted molar refractivity (Wildman–Crippen MR) is 69.0 cm³/mol. The van der Waals surface area contributed by atoms with E-state index in [1.54, 1.807) is 6.20 Å². The zero-order valence-electron chi connectivity index (χ0n) is 11.1. The highest BCUT2D eigenvalue weighted by molar-refractivity contribution is 5.96. The number of hydrogen-bond acceptors (Lipinski definition) is 3. The van der Waals surface area contributed by atoms with Crippen molar-refractivity contribution in [2.24, 2.45) is 0 Å². The van der Waals surface area contributed by atoms with E-state index in [0.717, 1.165) is 37.9 Å². The second-order valence-corrected chi connectivity index (χ2v) is 4.81. The lowest BCUT2D eigenvalue weighted by molar-refractivity contribution is -0.137. The van der Waals surface area contributed by atoms with E-state index < -0.39 is 5.97 Å². The highest BCUT2D eigenvalue weighted by Crippen LogP contribution is 2.19. The Labute approximate surface area is 112 Å². The van der Waals surface area contributed by atoms with Gasteiger partial charge in [-0.15, -0.1) is 0 Å². The molecule has 1 aromatic rings. The van der Waals surface area contributed by atoms with Crippen LogP contribution in [-0.2, 0) is 17.8 Å². The summed E-state index contributed by atoms with van der Waals surface area (Å²) in [6.07, 6.45) is 5.29. The van der Waals surface area contributed by atoms with Crippen molar-refractivity contribution in [2.45, 2.75) is 39.2 Å². The van der Waals surface area contributed by atoms with Gasteiger partial charge in [-0.1, -0.05) is 6.92 Å². The fraction of sp³-hybridized carbons (Fsp3) is 0.615. The molecule has 2 heterocycles. The van der Waals surface area contributed by atoms with Crippen LogP contribution in [0.5, 0.6) is 0 Å². The molecule has 1 aliphatic rings. The van der Waals surface area contributed by atoms with Crippen LogP contribution in [0.4, 0.5) is 0 Å². The number of carbonyl (C=O) groups excluding carboxylic acids is 1. The average molecular weight is 265 g/mol. The highest BCUT2D eigenvalue weighted by atomic mass is 16.4. The van der Waals surface area contributed by atoms with Crippen molar-refractivity contribution < 1.29 is 14.7 Å². The van der Waals surface area contributed by atoms with Crippen LogP contribution in [0.25, 0.3) is 0 Å². The SMILES string of the molecule is CCCN(CC(=O)O)C(=O)c1cnn2c1CCCC2. The zero-order chi connectivity index (χ0) is 13.8. The largest absolute Gasteiger partial charge is 0.480 e. The fourth-order valence-electron chi connectivity index (χ4n) is 2.46. The normalized spacial score (nSPS) is 13.9. The minimum atomic E-state index is -0.983. The monoisotopic (exact) mass is 265 g/mol. The lowest BCUT2D eigenvalue weighted by Crippen LogP contribution is -2.36. The van der Waals surface area contributed by atoms with E-state index in [2.05, 4.69) is 5.10 Å². The molecule has 0 aromatic carbocycles. The van der Waals surface area contributed by atoms with Crippen molar-refractivity contribution in [3.05, 3.63) is 17.5 Å². The first kappa shape index (κ1) is 13.6. The molecule has 0 bridgehead atoms. The van der Waals surface area contributed by atoms with E-state index in [1.165, 1.54) is 4.90 Å². The summed E-state index contributed by atoms with van der Waals surface area (Å²) in [5, 5.41) is 13.1. The van der Waals surface area contributed by atoms with Gasteiger partial charge in [0, 0.05) is 13.1 Å². The minimum absolute atomic E-state index is 0.215. The molecule has 0 saturated heterocycles. The molecule has 0 saturated carbocycles. The maximum absolute atomic E-state index is 12.4. The Kier molecular flexibility index (Phi) is 4.19. The van der Waals surface area contributed by atoms with E-state index in [0.29, 0.717) is 12.1 Å². The maximum Gasteiger partial charge on any atom is 0.323 e. The first-order valence-electron chi connectivity index (χ1n) is 6.69. The van der Waals surface area contributed by atoms with Crippen molar-refractivity contribution in [1.29, 1.82) is 0 Å². The number of aromatic nitrogens is 2. The molecule has 6 nitrogen and oxygen atoms in total. The summed E-state index contributed by atoms with van der Waals surface area (Å²) in [6, 6.07) is 0. The van der Waals surface area contributed by atoms with Gasteiger partial charge >= 0.3 is 5.97 Å². The van der Waals surface area contributed by atoms with Gasteiger partial charge in [0.25, 0.3) is 5.91 Å². The van der Waals surface area contributed by atoms with Gasteiger partial charge in [-0.2, -0.15) is 5.10 Å². The van der Waals surface area contributed by atoms with Crippen molar-refractivity contribution in [3.8, 4) is 0 Å². The Balaban J connectivity index is 2.21. The quantitative estimate of drug-likeness (QED) is 0.866. The van der Waals surface area contributed by atoms with Gasteiger partial charge in [0.2, 0.25) is 0 Å². The second kappa shape index (κ2) is 5.86. The topological polar surface area (TPSA) is 75.4 Å². The molecule has 0 spiro atoms. The molecular weight excluding hydrogens is 246 g/mol. The van der Waals surface area contributed by atoms with Crippen LogP contribution in [0.15, 0.2) is 6.20 Å². The Hall–Kier alpha value is -1.85. The number of fused-ring (bicyclic) bond motifs is 1.